The molecule has 5 heteroatoms. The molecule has 1 atom stereocenters. The molecule has 0 saturated heterocycles. The Bertz CT molecular complexity index is 519. The summed E-state index contributed by atoms with van der Waals surface area (Å²) in [5.74, 6) is 0.496. The second-order valence-electron chi connectivity index (χ2n) is 3.59. The predicted octanol–water partition coefficient (Wildman–Crippen LogP) is 1.96. The first-order chi connectivity index (χ1) is 8.43. The summed E-state index contributed by atoms with van der Waals surface area (Å²) in [4.78, 5) is 22.5. The van der Waals surface area contributed by atoms with Gasteiger partial charge < -0.3 is 10.1 Å². The van der Waals surface area contributed by atoms with E-state index in [1.807, 2.05) is 0 Å². The lowest BCUT2D eigenvalue weighted by Gasteiger charge is -2.09. The van der Waals surface area contributed by atoms with Crippen molar-refractivity contribution in [1.82, 2.24) is 0 Å². The molecule has 0 heterocycles. The van der Waals surface area contributed by atoms with Gasteiger partial charge in [0.15, 0.2) is 6.10 Å². The summed E-state index contributed by atoms with van der Waals surface area (Å²) in [5, 5.41) is 2.27. The SMILES string of the molecule is C#C[C@H](C)OC(=O)c1ccc(F)c(NC(C)=O)c1. The first kappa shape index (κ1) is 13.7. The first-order valence-electron chi connectivity index (χ1n) is 5.18. The Morgan fingerprint density at radius 3 is 2.72 bits per heavy atom. The van der Waals surface area contributed by atoms with Crippen molar-refractivity contribution in [3.8, 4) is 12.3 Å². The number of rotatable bonds is 3. The standard InChI is InChI=1S/C13H12FNO3/c1-4-8(2)18-13(17)10-5-6-11(14)12(7-10)15-9(3)16/h1,5-8H,2-3H3,(H,15,16)/t8-/m0/s1. The number of hydrogen-bond acceptors (Lipinski definition) is 3. The number of amides is 1. The van der Waals surface area contributed by atoms with Crippen LogP contribution in [0.15, 0.2) is 18.2 Å². The molecule has 0 radical (unpaired) electrons. The smallest absolute Gasteiger partial charge is 0.339 e. The van der Waals surface area contributed by atoms with Gasteiger partial charge in [-0.25, -0.2) is 9.18 Å². The zero-order valence-corrected chi connectivity index (χ0v) is 9.99. The number of carbonyl (C=O) groups excluding carboxylic acids is 2. The monoisotopic (exact) mass is 249 g/mol. The van der Waals surface area contributed by atoms with Gasteiger partial charge in [-0.05, 0) is 25.1 Å². The fraction of sp³-hybridized carbons (Fsp3) is 0.231. The van der Waals surface area contributed by atoms with Crippen molar-refractivity contribution in [3.05, 3.63) is 29.6 Å². The maximum absolute atomic E-state index is 13.3. The average Bonchev–Trinajstić information content (AvgIpc) is 2.31. The van der Waals surface area contributed by atoms with Crippen molar-refractivity contribution in [2.45, 2.75) is 20.0 Å². The van der Waals surface area contributed by atoms with Crippen molar-refractivity contribution in [2.24, 2.45) is 0 Å². The molecule has 0 unspecified atom stereocenters. The fourth-order valence-corrected chi connectivity index (χ4v) is 1.20. The van der Waals surface area contributed by atoms with Crippen LogP contribution >= 0.6 is 0 Å². The van der Waals surface area contributed by atoms with Crippen molar-refractivity contribution in [3.63, 3.8) is 0 Å². The lowest BCUT2D eigenvalue weighted by Crippen LogP contribution is -2.14. The van der Waals surface area contributed by atoms with Gasteiger partial charge in [0.05, 0.1) is 11.3 Å². The van der Waals surface area contributed by atoms with Crippen LogP contribution in [0, 0.1) is 18.2 Å². The Morgan fingerprint density at radius 1 is 1.50 bits per heavy atom. The molecule has 0 aromatic heterocycles. The van der Waals surface area contributed by atoms with Crippen LogP contribution in [0.4, 0.5) is 10.1 Å². The molecule has 1 amide bonds. The predicted molar refractivity (Wildman–Crippen MR) is 64.4 cm³/mol. The molecule has 18 heavy (non-hydrogen) atoms. The van der Waals surface area contributed by atoms with Crippen molar-refractivity contribution < 1.29 is 18.7 Å². The van der Waals surface area contributed by atoms with E-state index in [0.717, 1.165) is 6.07 Å². The Hall–Kier alpha value is -2.35. The second-order valence-corrected chi connectivity index (χ2v) is 3.59. The number of anilines is 1. The van der Waals surface area contributed by atoms with Gasteiger partial charge >= 0.3 is 5.97 Å². The van der Waals surface area contributed by atoms with Crippen LogP contribution in [-0.2, 0) is 9.53 Å². The summed E-state index contributed by atoms with van der Waals surface area (Å²) < 4.78 is 18.2. The quantitative estimate of drug-likeness (QED) is 0.658. The molecule has 94 valence electrons. The van der Waals surface area contributed by atoms with Crippen LogP contribution in [0.25, 0.3) is 0 Å². The van der Waals surface area contributed by atoms with Crippen LogP contribution in [0.2, 0.25) is 0 Å². The molecule has 1 aromatic rings. The number of carbonyl (C=O) groups is 2. The van der Waals surface area contributed by atoms with Crippen LogP contribution in [0.1, 0.15) is 24.2 Å². The summed E-state index contributed by atoms with van der Waals surface area (Å²) in [6, 6.07) is 3.52. The van der Waals surface area contributed by atoms with E-state index in [2.05, 4.69) is 11.2 Å². The third kappa shape index (κ3) is 3.59. The van der Waals surface area contributed by atoms with Gasteiger partial charge in [0.2, 0.25) is 5.91 Å². The molecular formula is C13H12FNO3. The fourth-order valence-electron chi connectivity index (χ4n) is 1.20. The molecule has 0 aliphatic heterocycles. The summed E-state index contributed by atoms with van der Waals surface area (Å²) >= 11 is 0. The van der Waals surface area contributed by atoms with Crippen LogP contribution in [0.5, 0.6) is 0 Å². The number of ether oxygens (including phenoxy) is 1. The molecule has 1 N–H and O–H groups in total. The van der Waals surface area contributed by atoms with Crippen LogP contribution in [-0.4, -0.2) is 18.0 Å². The molecule has 1 rings (SSSR count). The number of halogens is 1. The number of esters is 1. The highest BCUT2D eigenvalue weighted by Crippen LogP contribution is 2.17. The van der Waals surface area contributed by atoms with E-state index in [9.17, 15) is 14.0 Å². The van der Waals surface area contributed by atoms with Gasteiger partial charge in [0.25, 0.3) is 0 Å². The topological polar surface area (TPSA) is 55.4 Å². The Balaban J connectivity index is 2.94. The van der Waals surface area contributed by atoms with Gasteiger partial charge in [-0.2, -0.15) is 0 Å². The summed E-state index contributed by atoms with van der Waals surface area (Å²) in [6.45, 7) is 2.78. The highest BCUT2D eigenvalue weighted by molar-refractivity contribution is 5.94. The highest BCUT2D eigenvalue weighted by atomic mass is 19.1. The van der Waals surface area contributed by atoms with E-state index in [1.54, 1.807) is 0 Å². The van der Waals surface area contributed by atoms with E-state index in [1.165, 1.54) is 26.0 Å². The largest absolute Gasteiger partial charge is 0.446 e. The van der Waals surface area contributed by atoms with E-state index < -0.39 is 23.8 Å². The van der Waals surface area contributed by atoms with Gasteiger partial charge in [0, 0.05) is 6.92 Å². The molecule has 0 spiro atoms. The molecule has 0 aliphatic rings. The maximum atomic E-state index is 13.3. The van der Waals surface area contributed by atoms with Crippen LogP contribution in [0.3, 0.4) is 0 Å². The van der Waals surface area contributed by atoms with Gasteiger partial charge in [-0.3, -0.25) is 4.79 Å². The highest BCUT2D eigenvalue weighted by Gasteiger charge is 2.13. The first-order valence-corrected chi connectivity index (χ1v) is 5.18. The Labute approximate surface area is 104 Å². The zero-order chi connectivity index (χ0) is 13.7. The van der Waals surface area contributed by atoms with Crippen LogP contribution < -0.4 is 5.32 Å². The number of nitrogens with one attached hydrogen (secondary N) is 1. The molecule has 0 bridgehead atoms. The minimum atomic E-state index is -0.674. The van der Waals surface area contributed by atoms with E-state index in [0.29, 0.717) is 0 Å². The second kappa shape index (κ2) is 5.82. The van der Waals surface area contributed by atoms with E-state index >= 15 is 0 Å². The Morgan fingerprint density at radius 2 is 2.17 bits per heavy atom. The van der Waals surface area contributed by atoms with Crippen molar-refractivity contribution in [1.29, 1.82) is 0 Å². The number of hydrogen-bond donors (Lipinski definition) is 1. The summed E-state index contributed by atoms with van der Waals surface area (Å²) in [6.07, 6.45) is 4.40. The van der Waals surface area contributed by atoms with Gasteiger partial charge in [0.1, 0.15) is 5.82 Å². The van der Waals surface area contributed by atoms with E-state index in [-0.39, 0.29) is 11.3 Å². The maximum Gasteiger partial charge on any atom is 0.339 e. The number of terminal acetylenes is 1. The molecule has 0 saturated carbocycles. The molecule has 1 aromatic carbocycles. The molecule has 4 nitrogen and oxygen atoms in total. The van der Waals surface area contributed by atoms with Crippen molar-refractivity contribution in [2.75, 3.05) is 5.32 Å². The minimum absolute atomic E-state index is 0.0784. The lowest BCUT2D eigenvalue weighted by atomic mass is 10.2. The number of benzene rings is 1. The van der Waals surface area contributed by atoms with Crippen molar-refractivity contribution >= 4 is 17.6 Å². The Kier molecular flexibility index (Phi) is 4.44. The summed E-state index contributed by atoms with van der Waals surface area (Å²) in [5.41, 5.74) is 0.0348. The lowest BCUT2D eigenvalue weighted by molar-refractivity contribution is -0.114. The van der Waals surface area contributed by atoms with Gasteiger partial charge in [-0.1, -0.05) is 5.92 Å². The van der Waals surface area contributed by atoms with Gasteiger partial charge in [-0.15, -0.1) is 6.42 Å². The molecule has 0 fully saturated rings. The zero-order valence-electron chi connectivity index (χ0n) is 9.99. The normalized spacial score (nSPS) is 11.2. The third-order valence-corrected chi connectivity index (χ3v) is 2.03. The molecular weight excluding hydrogens is 237 g/mol. The average molecular weight is 249 g/mol. The minimum Gasteiger partial charge on any atom is -0.446 e. The summed E-state index contributed by atoms with van der Waals surface area (Å²) in [7, 11) is 0. The third-order valence-electron chi connectivity index (χ3n) is 2.03. The van der Waals surface area contributed by atoms with E-state index in [4.69, 9.17) is 11.2 Å². The molecule has 0 aliphatic carbocycles.